The maximum atomic E-state index is 12.2. The van der Waals surface area contributed by atoms with E-state index in [0.717, 1.165) is 62.1 Å². The molecule has 0 heterocycles. The van der Waals surface area contributed by atoms with Crippen LogP contribution in [0.3, 0.4) is 0 Å². The van der Waals surface area contributed by atoms with Crippen LogP contribution in [0.5, 0.6) is 0 Å². The number of rotatable bonds is 16. The average Bonchev–Trinajstić information content (AvgIpc) is 3.33. The van der Waals surface area contributed by atoms with Crippen LogP contribution in [0.1, 0.15) is 118 Å². The Morgan fingerprint density at radius 1 is 0.864 bits per heavy atom. The lowest BCUT2D eigenvalue weighted by atomic mass is 9.47. The Kier molecular flexibility index (Phi) is 11.0. The van der Waals surface area contributed by atoms with Crippen molar-refractivity contribution in [1.29, 1.82) is 0 Å². The maximum Gasteiger partial charge on any atom is 0.253 e. The van der Waals surface area contributed by atoms with Gasteiger partial charge >= 0.3 is 0 Å². The minimum Gasteiger partial charge on any atom is -0.380 e. The highest BCUT2D eigenvalue weighted by Gasteiger charge is 2.58. The zero-order valence-corrected chi connectivity index (χ0v) is 29.0. The second-order valence-corrected chi connectivity index (χ2v) is 16.4. The van der Waals surface area contributed by atoms with E-state index >= 15 is 0 Å². The van der Waals surface area contributed by atoms with Crippen molar-refractivity contribution >= 4 is 11.4 Å². The molecule has 0 aliphatic heterocycles. The molecule has 3 saturated carbocycles. The molecule has 7 atom stereocenters. The van der Waals surface area contributed by atoms with Gasteiger partial charge in [-0.2, -0.15) is 0 Å². The molecule has 6 nitrogen and oxygen atoms in total. The quantitative estimate of drug-likeness (QED) is 0.105. The van der Waals surface area contributed by atoms with Crippen LogP contribution in [-0.4, -0.2) is 51.2 Å². The summed E-state index contributed by atoms with van der Waals surface area (Å²) < 4.78 is 0. The Morgan fingerprint density at radius 3 is 2.34 bits per heavy atom. The van der Waals surface area contributed by atoms with Crippen molar-refractivity contribution in [2.45, 2.75) is 124 Å². The van der Waals surface area contributed by atoms with Crippen molar-refractivity contribution in [3.05, 3.63) is 32.1 Å². The predicted octanol–water partition coefficient (Wildman–Crippen LogP) is 7.20. The minimum atomic E-state index is -0.376. The summed E-state index contributed by atoms with van der Waals surface area (Å²) in [5.41, 5.74) is 2.90. The molecule has 4 aliphatic carbocycles. The van der Waals surface area contributed by atoms with Gasteiger partial charge in [-0.25, -0.2) is 0 Å². The van der Waals surface area contributed by atoms with E-state index in [9.17, 15) is 9.59 Å². The van der Waals surface area contributed by atoms with E-state index in [-0.39, 0.29) is 10.9 Å². The van der Waals surface area contributed by atoms with Crippen LogP contribution in [0.15, 0.2) is 21.2 Å². The van der Waals surface area contributed by atoms with Gasteiger partial charge in [0.05, 0.1) is 0 Å². The summed E-state index contributed by atoms with van der Waals surface area (Å²) in [7, 11) is 4.14. The van der Waals surface area contributed by atoms with Crippen molar-refractivity contribution in [2.24, 2.45) is 40.4 Å². The van der Waals surface area contributed by atoms with Crippen LogP contribution in [0.4, 0.5) is 11.4 Å². The molecule has 44 heavy (non-hydrogen) atoms. The van der Waals surface area contributed by atoms with Crippen LogP contribution in [-0.2, 0) is 0 Å². The van der Waals surface area contributed by atoms with Crippen molar-refractivity contribution in [1.82, 2.24) is 10.2 Å². The van der Waals surface area contributed by atoms with Gasteiger partial charge in [0.25, 0.3) is 10.9 Å². The highest BCUT2D eigenvalue weighted by molar-refractivity contribution is 5.73. The first kappa shape index (κ1) is 33.7. The molecule has 3 fully saturated rings. The molecule has 7 unspecified atom stereocenters. The van der Waals surface area contributed by atoms with Gasteiger partial charge in [-0.3, -0.25) is 9.59 Å². The third-order valence-electron chi connectivity index (χ3n) is 13.0. The number of anilines is 2. The second kappa shape index (κ2) is 14.4. The number of hydrogen-bond donors (Lipinski definition) is 3. The summed E-state index contributed by atoms with van der Waals surface area (Å²) in [6.45, 7) is 13.3. The lowest BCUT2D eigenvalue weighted by Crippen LogP contribution is -2.51. The summed E-state index contributed by atoms with van der Waals surface area (Å²) in [4.78, 5) is 26.5. The van der Waals surface area contributed by atoms with Gasteiger partial charge in [-0.05, 0) is 132 Å². The molecule has 5 rings (SSSR count). The van der Waals surface area contributed by atoms with Crippen LogP contribution in [0.25, 0.3) is 0 Å². The van der Waals surface area contributed by atoms with E-state index in [0.29, 0.717) is 34.8 Å². The third kappa shape index (κ3) is 7.01. The molecule has 0 aromatic heterocycles. The van der Waals surface area contributed by atoms with Gasteiger partial charge in [0.2, 0.25) is 0 Å². The molecule has 0 saturated heterocycles. The van der Waals surface area contributed by atoms with Crippen molar-refractivity contribution in [3.8, 4) is 0 Å². The van der Waals surface area contributed by atoms with Crippen molar-refractivity contribution in [3.63, 3.8) is 0 Å². The average molecular weight is 609 g/mol. The van der Waals surface area contributed by atoms with Crippen LogP contribution >= 0.6 is 0 Å². The first-order chi connectivity index (χ1) is 21.0. The number of unbranched alkanes of at least 4 members (excludes halogenated alkanes) is 2. The molecule has 0 spiro atoms. The SMILES string of the molecule is CC(C)CCCCC1CCC2C3CC=C4CC(NCCNc5c(NCCCCN(C)C)c(=O)c5=O)CCC4(C)C3CCC12C. The Hall–Kier alpha value is -1.66. The number of hydrogen-bond acceptors (Lipinski definition) is 6. The molecule has 3 N–H and O–H groups in total. The number of fused-ring (bicyclic) bond motifs is 5. The van der Waals surface area contributed by atoms with Gasteiger partial charge in [-0.15, -0.1) is 0 Å². The van der Waals surface area contributed by atoms with Gasteiger partial charge < -0.3 is 20.9 Å². The monoisotopic (exact) mass is 609 g/mol. The highest BCUT2D eigenvalue weighted by atomic mass is 16.2. The van der Waals surface area contributed by atoms with Gasteiger partial charge in [-0.1, -0.05) is 58.6 Å². The third-order valence-corrected chi connectivity index (χ3v) is 13.0. The summed E-state index contributed by atoms with van der Waals surface area (Å²) in [6.07, 6.45) is 21.3. The molecule has 0 bridgehead atoms. The number of nitrogens with one attached hydrogen (secondary N) is 3. The first-order valence-electron chi connectivity index (χ1n) is 18.4. The van der Waals surface area contributed by atoms with E-state index < -0.39 is 0 Å². The van der Waals surface area contributed by atoms with Crippen LogP contribution in [0.2, 0.25) is 0 Å². The molecular formula is C38H64N4O2. The first-order valence-corrected chi connectivity index (χ1v) is 18.4. The second-order valence-electron chi connectivity index (χ2n) is 16.4. The smallest absolute Gasteiger partial charge is 0.253 e. The molecule has 1 aromatic rings. The summed E-state index contributed by atoms with van der Waals surface area (Å²) >= 11 is 0. The largest absolute Gasteiger partial charge is 0.380 e. The van der Waals surface area contributed by atoms with E-state index in [1.807, 2.05) is 0 Å². The lowest BCUT2D eigenvalue weighted by Gasteiger charge is -2.58. The fraction of sp³-hybridized carbons (Fsp3) is 0.842. The van der Waals surface area contributed by atoms with Gasteiger partial charge in [0.15, 0.2) is 0 Å². The normalized spacial score (nSPS) is 33.3. The van der Waals surface area contributed by atoms with Crippen LogP contribution < -0.4 is 26.8 Å². The minimum absolute atomic E-state index is 0.375. The molecule has 0 radical (unpaired) electrons. The van der Waals surface area contributed by atoms with E-state index in [1.54, 1.807) is 5.57 Å². The van der Waals surface area contributed by atoms with E-state index in [2.05, 4.69) is 68.7 Å². The fourth-order valence-electron chi connectivity index (χ4n) is 10.3. The fourth-order valence-corrected chi connectivity index (χ4v) is 10.3. The molecule has 0 amide bonds. The number of allylic oxidation sites excluding steroid dienone is 1. The van der Waals surface area contributed by atoms with Gasteiger partial charge in [0, 0.05) is 25.7 Å². The van der Waals surface area contributed by atoms with Gasteiger partial charge in [0.1, 0.15) is 11.4 Å². The summed E-state index contributed by atoms with van der Waals surface area (Å²) in [5, 5.41) is 10.3. The lowest BCUT2D eigenvalue weighted by molar-refractivity contribution is -0.0441. The van der Waals surface area contributed by atoms with E-state index in [1.165, 1.54) is 77.0 Å². The summed E-state index contributed by atoms with van der Waals surface area (Å²) in [5.74, 6) is 4.49. The molecule has 1 aromatic carbocycles. The summed E-state index contributed by atoms with van der Waals surface area (Å²) in [6, 6.07) is 0.505. The molecule has 6 heteroatoms. The maximum absolute atomic E-state index is 12.2. The number of nitrogens with zero attached hydrogens (tertiary/aromatic N) is 1. The Balaban J connectivity index is 1.08. The molecule has 248 valence electrons. The zero-order valence-electron chi connectivity index (χ0n) is 29.0. The predicted molar refractivity (Wildman–Crippen MR) is 186 cm³/mol. The van der Waals surface area contributed by atoms with Crippen molar-refractivity contribution in [2.75, 3.05) is 50.9 Å². The standard InChI is InChI=1S/C38H64N4O2/c1-26(2)11-7-8-12-27-14-16-31-30-15-13-28-25-29(17-19-38(28,4)32(30)18-20-37(27,31)3)39-22-23-41-34-33(35(43)36(34)44)40-21-9-10-24-42(5)6/h13,26-27,29-32,39-41H,7-12,14-25H2,1-6H3. The molecular weight excluding hydrogens is 544 g/mol. The Labute approximate surface area is 268 Å². The van der Waals surface area contributed by atoms with E-state index in [4.69, 9.17) is 0 Å². The van der Waals surface area contributed by atoms with Crippen LogP contribution in [0, 0.1) is 40.4 Å². The Morgan fingerprint density at radius 2 is 1.61 bits per heavy atom. The topological polar surface area (TPSA) is 73.5 Å². The molecule has 4 aliphatic rings. The van der Waals surface area contributed by atoms with Crippen molar-refractivity contribution < 1.29 is 0 Å². The zero-order chi connectivity index (χ0) is 31.5. The Bertz CT molecular complexity index is 1200. The highest BCUT2D eigenvalue weighted by Crippen LogP contribution is 2.66.